The van der Waals surface area contributed by atoms with E-state index in [4.69, 9.17) is 11.6 Å². The number of carbonyl (C=O) groups excluding carboxylic acids is 1. The first-order valence-corrected chi connectivity index (χ1v) is 8.59. The van der Waals surface area contributed by atoms with Crippen molar-refractivity contribution in [1.29, 1.82) is 0 Å². The second-order valence-electron chi connectivity index (χ2n) is 5.91. The van der Waals surface area contributed by atoms with Crippen molar-refractivity contribution in [2.75, 3.05) is 0 Å². The van der Waals surface area contributed by atoms with Crippen LogP contribution >= 0.6 is 11.6 Å². The smallest absolute Gasteiger partial charge is 0.271 e. The third-order valence-corrected chi connectivity index (χ3v) is 4.43. The fourth-order valence-corrected chi connectivity index (χ4v) is 3.02. The molecule has 26 heavy (non-hydrogen) atoms. The first-order valence-electron chi connectivity index (χ1n) is 8.21. The maximum Gasteiger partial charge on any atom is 0.271 e. The molecule has 0 unspecified atom stereocenters. The van der Waals surface area contributed by atoms with Crippen molar-refractivity contribution in [2.24, 2.45) is 5.10 Å². The minimum atomic E-state index is -0.350. The van der Waals surface area contributed by atoms with Crippen LogP contribution in [-0.4, -0.2) is 26.3 Å². The molecular weight excluding hydrogens is 352 g/mol. The predicted molar refractivity (Wildman–Crippen MR) is 103 cm³/mol. The molecule has 1 heterocycles. The van der Waals surface area contributed by atoms with E-state index < -0.39 is 0 Å². The minimum Gasteiger partial charge on any atom is -0.507 e. The predicted octanol–water partition coefficient (Wildman–Crippen LogP) is 3.88. The molecule has 134 valence electrons. The fourth-order valence-electron chi connectivity index (χ4n) is 2.85. The monoisotopic (exact) mass is 370 g/mol. The minimum absolute atomic E-state index is 0.0481. The van der Waals surface area contributed by atoms with Gasteiger partial charge in [-0.05, 0) is 57.2 Å². The molecule has 2 N–H and O–H groups in total. The van der Waals surface area contributed by atoms with Gasteiger partial charge < -0.3 is 9.67 Å². The van der Waals surface area contributed by atoms with Crippen molar-refractivity contribution < 1.29 is 9.90 Å². The van der Waals surface area contributed by atoms with Gasteiger partial charge in [0.2, 0.25) is 0 Å². The number of amides is 1. The third-order valence-electron chi connectivity index (χ3n) is 4.19. The lowest BCUT2D eigenvalue weighted by Crippen LogP contribution is -2.19. The van der Waals surface area contributed by atoms with Crippen LogP contribution in [0.2, 0.25) is 5.02 Å². The normalized spacial score (nSPS) is 11.8. The summed E-state index contributed by atoms with van der Waals surface area (Å²) in [5.74, 6) is 0.605. The molecule has 0 radical (unpaired) electrons. The number of phenolic OH excluding ortho intramolecular Hbond substituents is 1. The Bertz CT molecular complexity index is 1020. The van der Waals surface area contributed by atoms with Gasteiger partial charge in [0.05, 0.1) is 16.7 Å². The first kappa shape index (κ1) is 17.9. The molecule has 0 aliphatic rings. The van der Waals surface area contributed by atoms with E-state index in [9.17, 15) is 9.90 Å². The highest BCUT2D eigenvalue weighted by molar-refractivity contribution is 6.31. The topological polar surface area (TPSA) is 79.5 Å². The summed E-state index contributed by atoms with van der Waals surface area (Å²) >= 11 is 5.94. The highest BCUT2D eigenvalue weighted by atomic mass is 35.5. The number of rotatable bonds is 4. The number of hydrogen-bond donors (Lipinski definition) is 2. The van der Waals surface area contributed by atoms with Crippen molar-refractivity contribution in [3.05, 3.63) is 58.4 Å². The summed E-state index contributed by atoms with van der Waals surface area (Å²) < 4.78 is 2.08. The van der Waals surface area contributed by atoms with E-state index >= 15 is 0 Å². The fraction of sp³-hybridized carbons (Fsp3) is 0.211. The van der Waals surface area contributed by atoms with Crippen LogP contribution in [-0.2, 0) is 6.54 Å². The zero-order valence-corrected chi connectivity index (χ0v) is 15.5. The molecule has 0 spiro atoms. The Morgan fingerprint density at radius 1 is 1.31 bits per heavy atom. The Morgan fingerprint density at radius 2 is 2.08 bits per heavy atom. The molecule has 6 nitrogen and oxygen atoms in total. The summed E-state index contributed by atoms with van der Waals surface area (Å²) in [7, 11) is 0. The zero-order chi connectivity index (χ0) is 18.8. The number of carbonyl (C=O) groups is 1. The Kier molecular flexibility index (Phi) is 4.95. The Labute approximate surface area is 156 Å². The Morgan fingerprint density at radius 3 is 2.81 bits per heavy atom. The number of aromatic nitrogens is 2. The van der Waals surface area contributed by atoms with E-state index in [1.807, 2.05) is 13.0 Å². The van der Waals surface area contributed by atoms with Crippen LogP contribution in [0.25, 0.3) is 11.0 Å². The number of fused-ring (bicyclic) bond motifs is 1. The summed E-state index contributed by atoms with van der Waals surface area (Å²) in [5.41, 5.74) is 5.64. The van der Waals surface area contributed by atoms with Crippen LogP contribution in [0.3, 0.4) is 0 Å². The van der Waals surface area contributed by atoms with E-state index in [1.165, 1.54) is 6.07 Å². The largest absolute Gasteiger partial charge is 0.507 e. The van der Waals surface area contributed by atoms with E-state index in [0.29, 0.717) is 21.9 Å². The molecule has 7 heteroatoms. The average molecular weight is 371 g/mol. The van der Waals surface area contributed by atoms with Crippen LogP contribution in [0.15, 0.2) is 41.5 Å². The molecule has 0 bridgehead atoms. The van der Waals surface area contributed by atoms with Gasteiger partial charge in [-0.15, -0.1) is 0 Å². The van der Waals surface area contributed by atoms with Crippen LogP contribution in [0, 0.1) is 6.92 Å². The van der Waals surface area contributed by atoms with Gasteiger partial charge in [-0.25, -0.2) is 10.4 Å². The van der Waals surface area contributed by atoms with Gasteiger partial charge in [-0.3, -0.25) is 4.79 Å². The molecule has 0 atom stereocenters. The van der Waals surface area contributed by atoms with Crippen molar-refractivity contribution >= 4 is 34.3 Å². The summed E-state index contributed by atoms with van der Waals surface area (Å²) in [5, 5.41) is 14.4. The highest BCUT2D eigenvalue weighted by Gasteiger charge is 2.11. The van der Waals surface area contributed by atoms with E-state index in [2.05, 4.69) is 27.0 Å². The molecule has 0 aliphatic heterocycles. The van der Waals surface area contributed by atoms with Crippen molar-refractivity contribution in [1.82, 2.24) is 15.0 Å². The molecule has 0 saturated heterocycles. The SMILES string of the molecule is CCn1c(C)nc2cc(C(=O)N/N=C(\C)c3cc(Cl)ccc3O)ccc21. The van der Waals surface area contributed by atoms with Gasteiger partial charge >= 0.3 is 0 Å². The third kappa shape index (κ3) is 3.41. The van der Waals surface area contributed by atoms with E-state index in [0.717, 1.165) is 23.4 Å². The maximum absolute atomic E-state index is 12.4. The van der Waals surface area contributed by atoms with Gasteiger partial charge in [0.25, 0.3) is 5.91 Å². The van der Waals surface area contributed by atoms with Gasteiger partial charge in [0.1, 0.15) is 11.6 Å². The van der Waals surface area contributed by atoms with Crippen molar-refractivity contribution in [2.45, 2.75) is 27.3 Å². The Balaban J connectivity index is 1.83. The maximum atomic E-state index is 12.4. The molecule has 3 aromatic rings. The number of phenols is 1. The lowest BCUT2D eigenvalue weighted by molar-refractivity contribution is 0.0955. The molecule has 2 aromatic carbocycles. The van der Waals surface area contributed by atoms with Gasteiger partial charge in [0.15, 0.2) is 0 Å². The second-order valence-corrected chi connectivity index (χ2v) is 6.34. The van der Waals surface area contributed by atoms with E-state index in [-0.39, 0.29) is 11.7 Å². The number of hydrazone groups is 1. The van der Waals surface area contributed by atoms with Gasteiger partial charge in [-0.1, -0.05) is 11.6 Å². The van der Waals surface area contributed by atoms with Crippen LogP contribution < -0.4 is 5.43 Å². The molecule has 0 fully saturated rings. The number of nitrogens with one attached hydrogen (secondary N) is 1. The van der Waals surface area contributed by atoms with Crippen LogP contribution in [0.5, 0.6) is 5.75 Å². The summed E-state index contributed by atoms with van der Waals surface area (Å²) in [6.45, 7) is 6.49. The number of halogens is 1. The summed E-state index contributed by atoms with van der Waals surface area (Å²) in [6, 6.07) is 10.0. The lowest BCUT2D eigenvalue weighted by Gasteiger charge is -2.06. The number of imidazole rings is 1. The van der Waals surface area contributed by atoms with Gasteiger partial charge in [0, 0.05) is 22.7 Å². The second kappa shape index (κ2) is 7.17. The van der Waals surface area contributed by atoms with E-state index in [1.54, 1.807) is 31.2 Å². The number of nitrogens with zero attached hydrogens (tertiary/aromatic N) is 3. The highest BCUT2D eigenvalue weighted by Crippen LogP contribution is 2.22. The number of hydrogen-bond acceptors (Lipinski definition) is 4. The number of benzene rings is 2. The van der Waals surface area contributed by atoms with Crippen LogP contribution in [0.4, 0.5) is 0 Å². The van der Waals surface area contributed by atoms with Gasteiger partial charge in [-0.2, -0.15) is 5.10 Å². The zero-order valence-electron chi connectivity index (χ0n) is 14.7. The number of aromatic hydroxyl groups is 1. The number of aryl methyl sites for hydroxylation is 2. The average Bonchev–Trinajstić information content (AvgIpc) is 2.95. The summed E-state index contributed by atoms with van der Waals surface area (Å²) in [6.07, 6.45) is 0. The summed E-state index contributed by atoms with van der Waals surface area (Å²) in [4.78, 5) is 16.9. The lowest BCUT2D eigenvalue weighted by atomic mass is 10.1. The molecule has 0 aliphatic carbocycles. The Hall–Kier alpha value is -2.86. The quantitative estimate of drug-likeness (QED) is 0.540. The van der Waals surface area contributed by atoms with Crippen molar-refractivity contribution in [3.63, 3.8) is 0 Å². The molecule has 1 aromatic heterocycles. The standard InChI is InChI=1S/C19H19ClN4O2/c1-4-24-12(3)21-16-9-13(5-7-17(16)24)19(26)23-22-11(2)15-10-14(20)6-8-18(15)25/h5-10,25H,4H2,1-3H3,(H,23,26)/b22-11+. The molecule has 1 amide bonds. The first-order chi connectivity index (χ1) is 12.4. The van der Waals surface area contributed by atoms with Crippen LogP contribution in [0.1, 0.15) is 35.6 Å². The molecular formula is C19H19ClN4O2. The van der Waals surface area contributed by atoms with Crippen molar-refractivity contribution in [3.8, 4) is 5.75 Å². The molecule has 3 rings (SSSR count). The molecule has 0 saturated carbocycles.